The summed E-state index contributed by atoms with van der Waals surface area (Å²) >= 11 is 0. The van der Waals surface area contributed by atoms with E-state index in [1.54, 1.807) is 0 Å². The lowest BCUT2D eigenvalue weighted by atomic mass is 10.0. The molecule has 0 bridgehead atoms. The normalized spacial score (nSPS) is 16.3. The van der Waals surface area contributed by atoms with Gasteiger partial charge in [-0.25, -0.2) is 0 Å². The topological polar surface area (TPSA) is 29.9 Å². The molecule has 0 aliphatic heterocycles. The summed E-state index contributed by atoms with van der Waals surface area (Å²) in [6, 6.07) is 9.50. The zero-order valence-corrected chi connectivity index (χ0v) is 12.3. The summed E-state index contributed by atoms with van der Waals surface area (Å²) in [5.41, 5.74) is 4.07. The fraction of sp³-hybridized carbons (Fsp3) is 0.471. The van der Waals surface area contributed by atoms with Crippen molar-refractivity contribution in [2.45, 2.75) is 32.2 Å². The van der Waals surface area contributed by atoms with Crippen molar-refractivity contribution in [2.24, 2.45) is 13.0 Å². The summed E-state index contributed by atoms with van der Waals surface area (Å²) in [6.45, 7) is 3.16. The van der Waals surface area contributed by atoms with Crippen LogP contribution >= 0.6 is 0 Å². The Balaban J connectivity index is 1.59. The predicted octanol–water partition coefficient (Wildman–Crippen LogP) is 3.01. The first-order valence-electron chi connectivity index (χ1n) is 7.50. The van der Waals surface area contributed by atoms with Gasteiger partial charge in [-0.2, -0.15) is 5.10 Å². The van der Waals surface area contributed by atoms with Crippen molar-refractivity contribution in [1.29, 1.82) is 0 Å². The van der Waals surface area contributed by atoms with Gasteiger partial charge in [-0.1, -0.05) is 29.8 Å². The van der Waals surface area contributed by atoms with E-state index in [0.717, 1.165) is 18.9 Å². The monoisotopic (exact) mass is 269 g/mol. The number of benzene rings is 1. The molecule has 3 heteroatoms. The summed E-state index contributed by atoms with van der Waals surface area (Å²) in [5.74, 6) is 0.826. The molecule has 2 aromatic rings. The number of hydrogen-bond donors (Lipinski definition) is 1. The van der Waals surface area contributed by atoms with Crippen molar-refractivity contribution in [3.8, 4) is 0 Å². The van der Waals surface area contributed by atoms with Crippen molar-refractivity contribution < 1.29 is 0 Å². The largest absolute Gasteiger partial charge is 0.309 e. The van der Waals surface area contributed by atoms with E-state index in [1.807, 2.05) is 17.9 Å². The molecule has 3 nitrogen and oxygen atoms in total. The van der Waals surface area contributed by atoms with Crippen LogP contribution in [0.1, 0.15) is 35.6 Å². The quantitative estimate of drug-likeness (QED) is 0.873. The average molecular weight is 269 g/mol. The smallest absolute Gasteiger partial charge is 0.0522 e. The molecule has 3 rings (SSSR count). The Morgan fingerprint density at radius 2 is 2.05 bits per heavy atom. The molecular formula is C17H23N3. The highest BCUT2D eigenvalue weighted by molar-refractivity contribution is 5.25. The molecule has 1 aromatic heterocycles. The highest BCUT2D eigenvalue weighted by Gasteiger charge is 2.31. The Bertz CT molecular complexity index is 552. The predicted molar refractivity (Wildman–Crippen MR) is 81.6 cm³/mol. The average Bonchev–Trinajstić information content (AvgIpc) is 3.19. The van der Waals surface area contributed by atoms with Gasteiger partial charge in [0, 0.05) is 19.3 Å². The highest BCUT2D eigenvalue weighted by atomic mass is 15.2. The third-order valence-corrected chi connectivity index (χ3v) is 4.07. The lowest BCUT2D eigenvalue weighted by Gasteiger charge is -2.19. The van der Waals surface area contributed by atoms with Gasteiger partial charge in [-0.15, -0.1) is 0 Å². The molecule has 1 saturated carbocycles. The number of nitrogens with zero attached hydrogens (tertiary/aromatic N) is 2. The van der Waals surface area contributed by atoms with Crippen molar-refractivity contribution in [2.75, 3.05) is 6.54 Å². The zero-order chi connectivity index (χ0) is 13.9. The Morgan fingerprint density at radius 1 is 1.30 bits per heavy atom. The van der Waals surface area contributed by atoms with Crippen LogP contribution in [0.15, 0.2) is 36.7 Å². The van der Waals surface area contributed by atoms with Crippen LogP contribution in [0.5, 0.6) is 0 Å². The SMILES string of the molecule is Cc1ccc(C(NCCc2cnn(C)c2)C2CC2)cc1. The van der Waals surface area contributed by atoms with E-state index in [9.17, 15) is 0 Å². The number of rotatable bonds is 6. The van der Waals surface area contributed by atoms with E-state index >= 15 is 0 Å². The first-order valence-corrected chi connectivity index (χ1v) is 7.50. The minimum Gasteiger partial charge on any atom is -0.309 e. The summed E-state index contributed by atoms with van der Waals surface area (Å²) in [6.07, 6.45) is 7.82. The fourth-order valence-corrected chi connectivity index (χ4v) is 2.73. The van der Waals surface area contributed by atoms with Gasteiger partial charge in [0.05, 0.1) is 6.20 Å². The van der Waals surface area contributed by atoms with Crippen LogP contribution in [-0.4, -0.2) is 16.3 Å². The summed E-state index contributed by atoms with van der Waals surface area (Å²) < 4.78 is 1.87. The molecule has 0 saturated heterocycles. The molecule has 1 heterocycles. The van der Waals surface area contributed by atoms with Crippen LogP contribution in [0.2, 0.25) is 0 Å². The maximum atomic E-state index is 4.22. The van der Waals surface area contributed by atoms with Crippen LogP contribution in [0.3, 0.4) is 0 Å². The van der Waals surface area contributed by atoms with E-state index < -0.39 is 0 Å². The molecule has 0 spiro atoms. The fourth-order valence-electron chi connectivity index (χ4n) is 2.73. The lowest BCUT2D eigenvalue weighted by Crippen LogP contribution is -2.25. The van der Waals surface area contributed by atoms with Crippen molar-refractivity contribution in [3.63, 3.8) is 0 Å². The van der Waals surface area contributed by atoms with E-state index in [2.05, 4.69) is 47.8 Å². The van der Waals surface area contributed by atoms with Gasteiger partial charge in [-0.3, -0.25) is 4.68 Å². The first-order chi connectivity index (χ1) is 9.72. The summed E-state index contributed by atoms with van der Waals surface area (Å²) in [7, 11) is 1.97. The van der Waals surface area contributed by atoms with Gasteiger partial charge in [-0.05, 0) is 49.8 Å². The van der Waals surface area contributed by atoms with Crippen LogP contribution in [0.25, 0.3) is 0 Å². The lowest BCUT2D eigenvalue weighted by molar-refractivity contribution is 0.484. The van der Waals surface area contributed by atoms with Gasteiger partial charge in [0.15, 0.2) is 0 Å². The Hall–Kier alpha value is -1.61. The number of hydrogen-bond acceptors (Lipinski definition) is 2. The van der Waals surface area contributed by atoms with Crippen molar-refractivity contribution in [1.82, 2.24) is 15.1 Å². The molecule has 1 atom stereocenters. The summed E-state index contributed by atoms with van der Waals surface area (Å²) in [4.78, 5) is 0. The Morgan fingerprint density at radius 3 is 2.65 bits per heavy atom. The van der Waals surface area contributed by atoms with Crippen LogP contribution in [0, 0.1) is 12.8 Å². The molecule has 0 radical (unpaired) electrons. The first kappa shape index (κ1) is 13.4. The second kappa shape index (κ2) is 5.80. The van der Waals surface area contributed by atoms with Gasteiger partial charge >= 0.3 is 0 Å². The molecule has 1 unspecified atom stereocenters. The minimum atomic E-state index is 0.521. The Labute approximate surface area is 121 Å². The van der Waals surface area contributed by atoms with Crippen molar-refractivity contribution >= 4 is 0 Å². The molecular weight excluding hydrogens is 246 g/mol. The van der Waals surface area contributed by atoms with E-state index in [0.29, 0.717) is 6.04 Å². The summed E-state index contributed by atoms with van der Waals surface area (Å²) in [5, 5.41) is 7.96. The second-order valence-electron chi connectivity index (χ2n) is 5.95. The maximum absolute atomic E-state index is 4.22. The van der Waals surface area contributed by atoms with E-state index in [-0.39, 0.29) is 0 Å². The highest BCUT2D eigenvalue weighted by Crippen LogP contribution is 2.40. The van der Waals surface area contributed by atoms with Crippen molar-refractivity contribution in [3.05, 3.63) is 53.3 Å². The molecule has 20 heavy (non-hydrogen) atoms. The second-order valence-corrected chi connectivity index (χ2v) is 5.95. The molecule has 1 fully saturated rings. The molecule has 0 amide bonds. The van der Waals surface area contributed by atoms with Gasteiger partial charge in [0.1, 0.15) is 0 Å². The van der Waals surface area contributed by atoms with Gasteiger partial charge < -0.3 is 5.32 Å². The van der Waals surface area contributed by atoms with Crippen LogP contribution in [-0.2, 0) is 13.5 Å². The molecule has 1 N–H and O–H groups in total. The van der Waals surface area contributed by atoms with Crippen LogP contribution in [0.4, 0.5) is 0 Å². The minimum absolute atomic E-state index is 0.521. The Kier molecular flexibility index (Phi) is 3.88. The maximum Gasteiger partial charge on any atom is 0.0522 e. The molecule has 1 aromatic carbocycles. The molecule has 1 aliphatic carbocycles. The number of aromatic nitrogens is 2. The van der Waals surface area contributed by atoms with E-state index in [1.165, 1.54) is 29.5 Å². The number of aryl methyl sites for hydroxylation is 2. The van der Waals surface area contributed by atoms with E-state index in [4.69, 9.17) is 0 Å². The van der Waals surface area contributed by atoms with Gasteiger partial charge in [0.2, 0.25) is 0 Å². The zero-order valence-electron chi connectivity index (χ0n) is 12.3. The molecule has 1 aliphatic rings. The van der Waals surface area contributed by atoms with Gasteiger partial charge in [0.25, 0.3) is 0 Å². The molecule has 106 valence electrons. The standard InChI is InChI=1S/C17H23N3/c1-13-3-5-15(6-4-13)17(16-7-8-16)18-10-9-14-11-19-20(2)12-14/h3-6,11-12,16-18H,7-10H2,1-2H3. The van der Waals surface area contributed by atoms with Crippen LogP contribution < -0.4 is 5.32 Å². The number of nitrogens with one attached hydrogen (secondary N) is 1. The third kappa shape index (κ3) is 3.28. The third-order valence-electron chi connectivity index (χ3n) is 4.07.